The van der Waals surface area contributed by atoms with Crippen LogP contribution in [0.4, 0.5) is 5.69 Å². The number of amides is 1. The average molecular weight is 261 g/mol. The van der Waals surface area contributed by atoms with Gasteiger partial charge in [-0.05, 0) is 18.2 Å². The molecule has 2 aliphatic rings. The molecule has 1 amide bonds. The van der Waals surface area contributed by atoms with Crippen molar-refractivity contribution in [1.82, 2.24) is 5.01 Å². The van der Waals surface area contributed by atoms with Crippen LogP contribution in [0.5, 0.6) is 5.75 Å². The van der Waals surface area contributed by atoms with Gasteiger partial charge in [0.05, 0.1) is 39.1 Å². The Hall–Kier alpha value is -2.08. The van der Waals surface area contributed by atoms with Crippen molar-refractivity contribution in [2.45, 2.75) is 0 Å². The lowest BCUT2D eigenvalue weighted by Crippen LogP contribution is -2.34. The Morgan fingerprint density at radius 2 is 2.16 bits per heavy atom. The highest BCUT2D eigenvalue weighted by atomic mass is 16.5. The third kappa shape index (κ3) is 2.26. The van der Waals surface area contributed by atoms with Crippen LogP contribution in [0, 0.1) is 0 Å². The van der Waals surface area contributed by atoms with E-state index < -0.39 is 0 Å². The third-order valence-electron chi connectivity index (χ3n) is 3.17. The number of anilines is 1. The number of fused-ring (bicyclic) bond motifs is 1. The lowest BCUT2D eigenvalue weighted by Gasteiger charge is -2.24. The van der Waals surface area contributed by atoms with E-state index in [1.54, 1.807) is 7.11 Å². The van der Waals surface area contributed by atoms with E-state index >= 15 is 0 Å². The number of benzene rings is 1. The van der Waals surface area contributed by atoms with E-state index in [4.69, 9.17) is 9.47 Å². The number of nitrogens with zero attached hydrogens (tertiary/aromatic N) is 2. The summed E-state index contributed by atoms with van der Waals surface area (Å²) >= 11 is 0. The highest BCUT2D eigenvalue weighted by molar-refractivity contribution is 6.53. The second-order valence-corrected chi connectivity index (χ2v) is 4.38. The molecule has 6 nitrogen and oxygen atoms in total. The summed E-state index contributed by atoms with van der Waals surface area (Å²) in [6.45, 7) is 2.69. The van der Waals surface area contributed by atoms with E-state index in [2.05, 4.69) is 10.4 Å². The predicted octanol–water partition coefficient (Wildman–Crippen LogP) is 0.684. The molecule has 3 rings (SSSR count). The Labute approximate surface area is 111 Å². The van der Waals surface area contributed by atoms with Crippen LogP contribution in [0.1, 0.15) is 5.56 Å². The van der Waals surface area contributed by atoms with E-state index in [0.717, 1.165) is 11.3 Å². The van der Waals surface area contributed by atoms with Crippen molar-refractivity contribution in [3.63, 3.8) is 0 Å². The van der Waals surface area contributed by atoms with Crippen LogP contribution in [0.2, 0.25) is 0 Å². The second kappa shape index (κ2) is 4.89. The minimum Gasteiger partial charge on any atom is -0.497 e. The van der Waals surface area contributed by atoms with Crippen molar-refractivity contribution >= 4 is 17.3 Å². The minimum atomic E-state index is -0.172. The maximum Gasteiger partial charge on any atom is 0.276 e. The number of hydrogen-bond donors (Lipinski definition) is 1. The molecule has 0 radical (unpaired) electrons. The van der Waals surface area contributed by atoms with Crippen LogP contribution >= 0.6 is 0 Å². The molecule has 0 bridgehead atoms. The van der Waals surface area contributed by atoms with Crippen molar-refractivity contribution in [3.05, 3.63) is 23.8 Å². The lowest BCUT2D eigenvalue weighted by atomic mass is 10.1. The van der Waals surface area contributed by atoms with Gasteiger partial charge in [-0.25, -0.2) is 0 Å². The van der Waals surface area contributed by atoms with E-state index in [1.165, 1.54) is 0 Å². The molecule has 2 heterocycles. The molecule has 0 saturated carbocycles. The largest absolute Gasteiger partial charge is 0.497 e. The zero-order chi connectivity index (χ0) is 13.2. The molecular formula is C13H15N3O3. The quantitative estimate of drug-likeness (QED) is 0.850. The fraction of sp³-hybridized carbons (Fsp3) is 0.385. The van der Waals surface area contributed by atoms with Crippen LogP contribution in [-0.4, -0.2) is 50.0 Å². The van der Waals surface area contributed by atoms with Gasteiger partial charge in [0.2, 0.25) is 0 Å². The van der Waals surface area contributed by atoms with Crippen molar-refractivity contribution < 1.29 is 14.3 Å². The number of ether oxygens (including phenoxy) is 2. The number of nitrogens with one attached hydrogen (secondary N) is 1. The smallest absolute Gasteiger partial charge is 0.276 e. The minimum absolute atomic E-state index is 0.172. The number of methoxy groups -OCH3 is 1. The molecule has 1 saturated heterocycles. The van der Waals surface area contributed by atoms with Gasteiger partial charge in [0.25, 0.3) is 5.91 Å². The van der Waals surface area contributed by atoms with Crippen LogP contribution in [0.15, 0.2) is 23.3 Å². The molecule has 0 aliphatic carbocycles. The fourth-order valence-electron chi connectivity index (χ4n) is 2.15. The summed E-state index contributed by atoms with van der Waals surface area (Å²) in [7, 11) is 1.60. The Morgan fingerprint density at radius 3 is 2.89 bits per heavy atom. The molecule has 1 aromatic carbocycles. The summed E-state index contributed by atoms with van der Waals surface area (Å²) in [5.41, 5.74) is 2.00. The van der Waals surface area contributed by atoms with Crippen molar-refractivity contribution in [3.8, 4) is 5.75 Å². The van der Waals surface area contributed by atoms with E-state index in [0.29, 0.717) is 37.8 Å². The molecule has 6 heteroatoms. The standard InChI is InChI=1S/C13H15N3O3/c1-18-9-2-3-11-10(8-9)12(13(17)14-11)15-16-4-6-19-7-5-16/h2-3,8H,4-7H2,1H3,(H,14,15,17). The van der Waals surface area contributed by atoms with Gasteiger partial charge in [-0.15, -0.1) is 0 Å². The van der Waals surface area contributed by atoms with Gasteiger partial charge in [-0.2, -0.15) is 5.10 Å². The summed E-state index contributed by atoms with van der Waals surface area (Å²) < 4.78 is 10.5. The number of carbonyl (C=O) groups excluding carboxylic acids is 1. The highest BCUT2D eigenvalue weighted by Crippen LogP contribution is 2.27. The van der Waals surface area contributed by atoms with Crippen LogP contribution < -0.4 is 10.1 Å². The summed E-state index contributed by atoms with van der Waals surface area (Å²) in [5, 5.41) is 9.11. The van der Waals surface area contributed by atoms with Gasteiger partial charge < -0.3 is 14.8 Å². The van der Waals surface area contributed by atoms with Gasteiger partial charge in [-0.1, -0.05) is 0 Å². The third-order valence-corrected chi connectivity index (χ3v) is 3.17. The van der Waals surface area contributed by atoms with Gasteiger partial charge in [0.1, 0.15) is 5.75 Å². The van der Waals surface area contributed by atoms with Crippen molar-refractivity contribution in [2.75, 3.05) is 38.7 Å². The molecule has 19 heavy (non-hydrogen) atoms. The molecule has 0 spiro atoms. The zero-order valence-electron chi connectivity index (χ0n) is 10.7. The molecule has 0 unspecified atom stereocenters. The highest BCUT2D eigenvalue weighted by Gasteiger charge is 2.27. The number of hydrogen-bond acceptors (Lipinski definition) is 5. The van der Waals surface area contributed by atoms with Gasteiger partial charge >= 0.3 is 0 Å². The summed E-state index contributed by atoms with van der Waals surface area (Å²) in [5.74, 6) is 0.541. The van der Waals surface area contributed by atoms with Crippen LogP contribution in [-0.2, 0) is 9.53 Å². The molecule has 0 aromatic heterocycles. The summed E-state index contributed by atoms with van der Waals surface area (Å²) in [4.78, 5) is 12.0. The molecule has 0 atom stereocenters. The Kier molecular flexibility index (Phi) is 3.08. The summed E-state index contributed by atoms with van der Waals surface area (Å²) in [6.07, 6.45) is 0. The van der Waals surface area contributed by atoms with Crippen molar-refractivity contribution in [1.29, 1.82) is 0 Å². The maximum absolute atomic E-state index is 12.0. The topological polar surface area (TPSA) is 63.2 Å². The molecule has 2 aliphatic heterocycles. The van der Waals surface area contributed by atoms with Crippen molar-refractivity contribution in [2.24, 2.45) is 5.10 Å². The first-order valence-electron chi connectivity index (χ1n) is 6.19. The number of hydrazone groups is 1. The molecule has 1 aromatic rings. The zero-order valence-corrected chi connectivity index (χ0v) is 10.7. The number of rotatable bonds is 2. The molecule has 1 fully saturated rings. The summed E-state index contributed by atoms with van der Waals surface area (Å²) in [6, 6.07) is 5.47. The Balaban J connectivity index is 1.94. The monoisotopic (exact) mass is 261 g/mol. The van der Waals surface area contributed by atoms with Gasteiger partial charge in [-0.3, -0.25) is 9.80 Å². The molecular weight excluding hydrogens is 246 g/mol. The first kappa shape index (κ1) is 12.0. The molecule has 100 valence electrons. The van der Waals surface area contributed by atoms with E-state index in [1.807, 2.05) is 23.2 Å². The average Bonchev–Trinajstić information content (AvgIpc) is 2.76. The maximum atomic E-state index is 12.0. The second-order valence-electron chi connectivity index (χ2n) is 4.38. The van der Waals surface area contributed by atoms with Gasteiger partial charge in [0, 0.05) is 5.56 Å². The first-order chi connectivity index (χ1) is 9.28. The van der Waals surface area contributed by atoms with Crippen LogP contribution in [0.25, 0.3) is 0 Å². The number of morpholine rings is 1. The Bertz CT molecular complexity index is 536. The van der Waals surface area contributed by atoms with E-state index in [9.17, 15) is 4.79 Å². The van der Waals surface area contributed by atoms with E-state index in [-0.39, 0.29) is 5.91 Å². The van der Waals surface area contributed by atoms with Crippen LogP contribution in [0.3, 0.4) is 0 Å². The van der Waals surface area contributed by atoms with Gasteiger partial charge in [0.15, 0.2) is 5.71 Å². The fourth-order valence-corrected chi connectivity index (χ4v) is 2.15. The molecule has 1 N–H and O–H groups in total. The number of carbonyl (C=O) groups is 1. The predicted molar refractivity (Wildman–Crippen MR) is 70.6 cm³/mol. The SMILES string of the molecule is COc1ccc2c(c1)C(=NN1CCOCC1)C(=O)N2. The first-order valence-corrected chi connectivity index (χ1v) is 6.19. The normalized spacial score (nSPS) is 20.4. The lowest BCUT2D eigenvalue weighted by molar-refractivity contribution is -0.110. The Morgan fingerprint density at radius 1 is 1.37 bits per heavy atom.